The van der Waals surface area contributed by atoms with Gasteiger partial charge in [-0.2, -0.15) is 13.2 Å². The van der Waals surface area contributed by atoms with E-state index in [4.69, 9.17) is 0 Å². The normalized spacial score (nSPS) is 16.7. The molecule has 0 bridgehead atoms. The highest BCUT2D eigenvalue weighted by Gasteiger charge is 2.34. The molecule has 0 aliphatic carbocycles. The standard InChI is InChI=1S/C24H26F4N4O2S2/c1-15(2)32(36(34)19-5-3-4-16(12-19)24(26,27)28)18-8-10-31(11-9-18)14-22(33)30-23-29-20-7-6-17(25)13-21(20)35-23/h3-7,12-13,15,18H,8-11,14H2,1-2H3,(H,29,30,33). The van der Waals surface area contributed by atoms with Gasteiger partial charge in [0.15, 0.2) is 5.13 Å². The first-order valence-electron chi connectivity index (χ1n) is 11.5. The van der Waals surface area contributed by atoms with E-state index < -0.39 is 22.7 Å². The number of amides is 1. The van der Waals surface area contributed by atoms with Gasteiger partial charge in [-0.1, -0.05) is 17.4 Å². The Balaban J connectivity index is 1.35. The summed E-state index contributed by atoms with van der Waals surface area (Å²) in [5.41, 5.74) is -0.212. The summed E-state index contributed by atoms with van der Waals surface area (Å²) in [6, 6.07) is 8.65. The highest BCUT2D eigenvalue weighted by molar-refractivity contribution is 7.82. The molecule has 1 fully saturated rings. The highest BCUT2D eigenvalue weighted by atomic mass is 32.2. The molecule has 1 aliphatic heterocycles. The zero-order chi connectivity index (χ0) is 26.0. The quantitative estimate of drug-likeness (QED) is 0.412. The molecule has 0 spiro atoms. The number of nitrogens with zero attached hydrogens (tertiary/aromatic N) is 3. The van der Waals surface area contributed by atoms with Gasteiger partial charge in [0.25, 0.3) is 0 Å². The molecule has 194 valence electrons. The maximum atomic E-state index is 13.4. The number of aromatic nitrogens is 1. The van der Waals surface area contributed by atoms with E-state index in [1.54, 1.807) is 10.4 Å². The van der Waals surface area contributed by atoms with Crippen LogP contribution in [0.1, 0.15) is 32.3 Å². The van der Waals surface area contributed by atoms with Gasteiger partial charge >= 0.3 is 6.18 Å². The summed E-state index contributed by atoms with van der Waals surface area (Å²) in [5.74, 6) is -0.599. The number of thiazole rings is 1. The zero-order valence-corrected chi connectivity index (χ0v) is 21.4. The van der Waals surface area contributed by atoms with Crippen molar-refractivity contribution in [2.75, 3.05) is 25.0 Å². The predicted molar refractivity (Wildman–Crippen MR) is 132 cm³/mol. The van der Waals surface area contributed by atoms with E-state index in [2.05, 4.69) is 10.3 Å². The van der Waals surface area contributed by atoms with Crippen LogP contribution in [-0.4, -0.2) is 56.0 Å². The number of halogens is 4. The molecule has 4 rings (SSSR count). The topological polar surface area (TPSA) is 65.5 Å². The van der Waals surface area contributed by atoms with E-state index in [1.165, 1.54) is 35.6 Å². The van der Waals surface area contributed by atoms with Crippen molar-refractivity contribution in [2.24, 2.45) is 0 Å². The minimum absolute atomic E-state index is 0.0983. The first-order chi connectivity index (χ1) is 17.0. The van der Waals surface area contributed by atoms with E-state index in [9.17, 15) is 26.6 Å². The van der Waals surface area contributed by atoms with E-state index >= 15 is 0 Å². The number of rotatable bonds is 7. The Kier molecular flexibility index (Phi) is 8.08. The number of piperidine rings is 1. The van der Waals surface area contributed by atoms with Gasteiger partial charge in [-0.15, -0.1) is 0 Å². The average molecular weight is 543 g/mol. The molecule has 1 N–H and O–H groups in total. The van der Waals surface area contributed by atoms with Gasteiger partial charge in [0, 0.05) is 25.2 Å². The van der Waals surface area contributed by atoms with Gasteiger partial charge in [0.1, 0.15) is 16.8 Å². The van der Waals surface area contributed by atoms with Crippen LogP contribution in [0.2, 0.25) is 0 Å². The number of likely N-dealkylation sites (tertiary alicyclic amines) is 1. The van der Waals surface area contributed by atoms with Gasteiger partial charge in [0.05, 0.1) is 27.2 Å². The second-order valence-electron chi connectivity index (χ2n) is 8.91. The van der Waals surface area contributed by atoms with Crippen molar-refractivity contribution in [3.63, 3.8) is 0 Å². The SMILES string of the molecule is CC(C)N(C1CCN(CC(=O)Nc2nc3ccc(F)cc3s2)CC1)S(=O)c1cccc(C(F)(F)F)c1. The molecule has 1 aromatic heterocycles. The second kappa shape index (κ2) is 10.9. The van der Waals surface area contributed by atoms with Crippen LogP contribution >= 0.6 is 11.3 Å². The number of benzene rings is 2. The fourth-order valence-electron chi connectivity index (χ4n) is 4.30. The highest BCUT2D eigenvalue weighted by Crippen LogP contribution is 2.32. The fourth-order valence-corrected chi connectivity index (χ4v) is 6.73. The van der Waals surface area contributed by atoms with Crippen LogP contribution in [0.25, 0.3) is 10.2 Å². The molecule has 1 amide bonds. The molecule has 36 heavy (non-hydrogen) atoms. The molecule has 1 atom stereocenters. The van der Waals surface area contributed by atoms with Crippen LogP contribution in [0.5, 0.6) is 0 Å². The third kappa shape index (κ3) is 6.28. The van der Waals surface area contributed by atoms with Crippen molar-refractivity contribution in [1.29, 1.82) is 0 Å². The van der Waals surface area contributed by atoms with E-state index in [1.807, 2.05) is 18.7 Å². The lowest BCUT2D eigenvalue weighted by Crippen LogP contribution is -2.49. The maximum Gasteiger partial charge on any atom is 0.416 e. The third-order valence-electron chi connectivity index (χ3n) is 5.94. The number of nitrogens with one attached hydrogen (secondary N) is 1. The van der Waals surface area contributed by atoms with Gasteiger partial charge in [0.2, 0.25) is 5.91 Å². The van der Waals surface area contributed by atoms with Crippen molar-refractivity contribution < 1.29 is 26.6 Å². The Hall–Kier alpha value is -2.41. The molecule has 2 aromatic carbocycles. The third-order valence-corrected chi connectivity index (χ3v) is 8.64. The minimum atomic E-state index is -4.50. The van der Waals surface area contributed by atoms with Crippen molar-refractivity contribution in [2.45, 2.75) is 49.8 Å². The minimum Gasteiger partial charge on any atom is -0.301 e. The molecule has 1 unspecified atom stereocenters. The average Bonchev–Trinajstić information content (AvgIpc) is 3.20. The van der Waals surface area contributed by atoms with Gasteiger partial charge in [-0.3, -0.25) is 9.69 Å². The smallest absolute Gasteiger partial charge is 0.301 e. The van der Waals surface area contributed by atoms with Gasteiger partial charge in [-0.25, -0.2) is 17.9 Å². The number of fused-ring (bicyclic) bond motifs is 1. The summed E-state index contributed by atoms with van der Waals surface area (Å²) in [4.78, 5) is 18.9. The molecule has 0 saturated carbocycles. The number of anilines is 1. The van der Waals surface area contributed by atoms with Crippen molar-refractivity contribution in [3.05, 3.63) is 53.8 Å². The lowest BCUT2D eigenvalue weighted by molar-refractivity contribution is -0.137. The fraction of sp³-hybridized carbons (Fsp3) is 0.417. The number of hydrogen-bond acceptors (Lipinski definition) is 5. The number of hydrogen-bond donors (Lipinski definition) is 1. The van der Waals surface area contributed by atoms with Crippen molar-refractivity contribution in [3.8, 4) is 0 Å². The molecule has 6 nitrogen and oxygen atoms in total. The summed E-state index contributed by atoms with van der Waals surface area (Å²) in [6.45, 7) is 5.04. The van der Waals surface area contributed by atoms with Crippen molar-refractivity contribution >= 4 is 43.6 Å². The molecule has 1 aliphatic rings. The largest absolute Gasteiger partial charge is 0.416 e. The van der Waals surface area contributed by atoms with Crippen LogP contribution < -0.4 is 5.32 Å². The summed E-state index contributed by atoms with van der Waals surface area (Å²) >= 11 is 1.20. The number of carbonyl (C=O) groups excluding carboxylic acids is 1. The zero-order valence-electron chi connectivity index (χ0n) is 19.7. The van der Waals surface area contributed by atoms with Crippen molar-refractivity contribution in [1.82, 2.24) is 14.2 Å². The molecule has 12 heteroatoms. The summed E-state index contributed by atoms with van der Waals surface area (Å²) in [5, 5.41) is 3.16. The van der Waals surface area contributed by atoms with Crippen LogP contribution in [0.4, 0.5) is 22.7 Å². The molecule has 1 saturated heterocycles. The van der Waals surface area contributed by atoms with E-state index in [0.717, 1.165) is 12.1 Å². The summed E-state index contributed by atoms with van der Waals surface area (Å²) < 4.78 is 68.5. The monoisotopic (exact) mass is 542 g/mol. The van der Waals surface area contributed by atoms with Crippen LogP contribution in [0, 0.1) is 5.82 Å². The molecular weight excluding hydrogens is 516 g/mol. The second-order valence-corrected chi connectivity index (χ2v) is 11.3. The van der Waals surface area contributed by atoms with Crippen LogP contribution in [0.15, 0.2) is 47.4 Å². The molecule has 0 radical (unpaired) electrons. The molecular formula is C24H26F4N4O2S2. The Morgan fingerprint density at radius 1 is 1.22 bits per heavy atom. The van der Waals surface area contributed by atoms with Gasteiger partial charge < -0.3 is 5.32 Å². The summed E-state index contributed by atoms with van der Waals surface area (Å²) in [6.07, 6.45) is -3.26. The Labute approximate surface area is 212 Å². The number of carbonyl (C=O) groups is 1. The lowest BCUT2D eigenvalue weighted by atomic mass is 10.0. The Morgan fingerprint density at radius 2 is 1.94 bits per heavy atom. The maximum absolute atomic E-state index is 13.4. The molecule has 3 aromatic rings. The molecule has 2 heterocycles. The first-order valence-corrected chi connectivity index (χ1v) is 13.4. The van der Waals surface area contributed by atoms with Crippen LogP contribution in [-0.2, 0) is 22.0 Å². The lowest BCUT2D eigenvalue weighted by Gasteiger charge is -2.39. The van der Waals surface area contributed by atoms with Crippen LogP contribution in [0.3, 0.4) is 0 Å². The summed E-state index contributed by atoms with van der Waals surface area (Å²) in [7, 11) is -1.75. The predicted octanol–water partition coefficient (Wildman–Crippen LogP) is 5.29. The Morgan fingerprint density at radius 3 is 2.61 bits per heavy atom. The van der Waals surface area contributed by atoms with E-state index in [-0.39, 0.29) is 35.2 Å². The van der Waals surface area contributed by atoms with E-state index in [0.29, 0.717) is 41.3 Å². The first kappa shape index (κ1) is 26.6. The number of alkyl halides is 3. The van der Waals surface area contributed by atoms with Gasteiger partial charge in [-0.05, 0) is 63.1 Å². The Bertz CT molecular complexity index is 1260.